The summed E-state index contributed by atoms with van der Waals surface area (Å²) in [5.74, 6) is 1.77. The highest BCUT2D eigenvalue weighted by Crippen LogP contribution is 2.20. The van der Waals surface area contributed by atoms with Gasteiger partial charge in [0.1, 0.15) is 0 Å². The predicted octanol–water partition coefficient (Wildman–Crippen LogP) is 3.88. The summed E-state index contributed by atoms with van der Waals surface area (Å²) in [4.78, 5) is 9.34. The van der Waals surface area contributed by atoms with Gasteiger partial charge in [-0.1, -0.05) is 30.7 Å². The molecule has 162 valence electrons. The van der Waals surface area contributed by atoms with E-state index in [0.29, 0.717) is 6.04 Å². The standard InChI is InChI=1S/C24H40N4O/c1-20-6-4-5-14-28(20)19-23-9-7-22(8-10-23)18-26-24(25-2)27(3)15-11-21-12-16-29-17-13-21/h7-10,20-21H,4-6,11-19H2,1-3H3,(H,25,26). The smallest absolute Gasteiger partial charge is 0.193 e. The van der Waals surface area contributed by atoms with E-state index >= 15 is 0 Å². The molecule has 2 heterocycles. The number of hydrogen-bond donors (Lipinski definition) is 1. The summed E-state index contributed by atoms with van der Waals surface area (Å²) in [6.07, 6.45) is 7.67. The molecule has 0 saturated carbocycles. The van der Waals surface area contributed by atoms with Crippen LogP contribution in [0, 0.1) is 5.92 Å². The van der Waals surface area contributed by atoms with Gasteiger partial charge in [0.2, 0.25) is 0 Å². The molecular formula is C24H40N4O. The molecule has 1 atom stereocenters. The normalized spacial score (nSPS) is 21.9. The molecule has 3 rings (SSSR count). The Bertz CT molecular complexity index is 624. The Morgan fingerprint density at radius 1 is 1.14 bits per heavy atom. The van der Waals surface area contributed by atoms with Crippen LogP contribution in [0.5, 0.6) is 0 Å². The van der Waals surface area contributed by atoms with Crippen molar-refractivity contribution in [3.8, 4) is 0 Å². The molecule has 0 bridgehead atoms. The minimum Gasteiger partial charge on any atom is -0.381 e. The summed E-state index contributed by atoms with van der Waals surface area (Å²) >= 11 is 0. The molecular weight excluding hydrogens is 360 g/mol. The fourth-order valence-electron chi connectivity index (χ4n) is 4.47. The first-order valence-corrected chi connectivity index (χ1v) is 11.5. The first-order valence-electron chi connectivity index (χ1n) is 11.5. The number of ether oxygens (including phenoxy) is 1. The van der Waals surface area contributed by atoms with Gasteiger partial charge in [-0.05, 0) is 62.6 Å². The van der Waals surface area contributed by atoms with Crippen LogP contribution in [0.15, 0.2) is 29.3 Å². The number of rotatable bonds is 7. The lowest BCUT2D eigenvalue weighted by atomic mass is 9.96. The first-order chi connectivity index (χ1) is 14.2. The van der Waals surface area contributed by atoms with E-state index in [9.17, 15) is 0 Å². The molecule has 5 heteroatoms. The second-order valence-corrected chi connectivity index (χ2v) is 8.80. The molecule has 1 unspecified atom stereocenters. The van der Waals surface area contributed by atoms with E-state index in [4.69, 9.17) is 4.74 Å². The minimum atomic E-state index is 0.713. The van der Waals surface area contributed by atoms with Crippen LogP contribution in [0.3, 0.4) is 0 Å². The Balaban J connectivity index is 1.42. The summed E-state index contributed by atoms with van der Waals surface area (Å²) in [6, 6.07) is 9.80. The van der Waals surface area contributed by atoms with Crippen molar-refractivity contribution in [1.82, 2.24) is 15.1 Å². The van der Waals surface area contributed by atoms with Gasteiger partial charge >= 0.3 is 0 Å². The third-order valence-corrected chi connectivity index (χ3v) is 6.59. The molecule has 0 spiro atoms. The van der Waals surface area contributed by atoms with Crippen molar-refractivity contribution in [2.45, 2.75) is 64.6 Å². The number of piperidine rings is 1. The monoisotopic (exact) mass is 400 g/mol. The zero-order valence-corrected chi connectivity index (χ0v) is 18.7. The van der Waals surface area contributed by atoms with Gasteiger partial charge in [0, 0.05) is 53.0 Å². The summed E-state index contributed by atoms with van der Waals surface area (Å²) in [6.45, 7) is 8.38. The summed E-state index contributed by atoms with van der Waals surface area (Å²) in [5.41, 5.74) is 2.72. The number of nitrogens with zero attached hydrogens (tertiary/aromatic N) is 3. The second-order valence-electron chi connectivity index (χ2n) is 8.80. The van der Waals surface area contributed by atoms with Crippen molar-refractivity contribution in [1.29, 1.82) is 0 Å². The number of benzene rings is 1. The van der Waals surface area contributed by atoms with E-state index in [-0.39, 0.29) is 0 Å². The fourth-order valence-corrected chi connectivity index (χ4v) is 4.47. The van der Waals surface area contributed by atoms with Crippen LogP contribution in [0.25, 0.3) is 0 Å². The Kier molecular flexibility index (Phi) is 8.81. The average molecular weight is 401 g/mol. The van der Waals surface area contributed by atoms with E-state index in [2.05, 4.69) is 58.3 Å². The van der Waals surface area contributed by atoms with E-state index in [1.165, 1.54) is 56.2 Å². The first kappa shape index (κ1) is 22.1. The number of hydrogen-bond acceptors (Lipinski definition) is 3. The zero-order chi connectivity index (χ0) is 20.5. The van der Waals surface area contributed by atoms with Crippen molar-refractivity contribution in [3.63, 3.8) is 0 Å². The Hall–Kier alpha value is -1.59. The number of nitrogens with one attached hydrogen (secondary N) is 1. The van der Waals surface area contributed by atoms with Crippen molar-refractivity contribution >= 4 is 5.96 Å². The average Bonchev–Trinajstić information content (AvgIpc) is 2.76. The third-order valence-electron chi connectivity index (χ3n) is 6.59. The second kappa shape index (κ2) is 11.6. The van der Waals surface area contributed by atoms with E-state index in [1.54, 1.807) is 0 Å². The van der Waals surface area contributed by atoms with Crippen LogP contribution in [-0.2, 0) is 17.8 Å². The molecule has 5 nitrogen and oxygen atoms in total. The van der Waals surface area contributed by atoms with Gasteiger partial charge in [-0.3, -0.25) is 9.89 Å². The van der Waals surface area contributed by atoms with Crippen LogP contribution < -0.4 is 5.32 Å². The van der Waals surface area contributed by atoms with Crippen molar-refractivity contribution in [2.24, 2.45) is 10.9 Å². The molecule has 0 aliphatic carbocycles. The maximum Gasteiger partial charge on any atom is 0.193 e. The Morgan fingerprint density at radius 3 is 2.55 bits per heavy atom. The number of aliphatic imine (C=N–C) groups is 1. The van der Waals surface area contributed by atoms with Crippen LogP contribution >= 0.6 is 0 Å². The highest BCUT2D eigenvalue weighted by molar-refractivity contribution is 5.79. The number of likely N-dealkylation sites (tertiary alicyclic amines) is 1. The van der Waals surface area contributed by atoms with Gasteiger partial charge in [-0.2, -0.15) is 0 Å². The molecule has 2 aliphatic rings. The summed E-state index contributed by atoms with van der Waals surface area (Å²) in [7, 11) is 4.01. The van der Waals surface area contributed by atoms with Crippen LogP contribution in [-0.4, -0.2) is 62.2 Å². The van der Waals surface area contributed by atoms with Gasteiger partial charge in [0.15, 0.2) is 5.96 Å². The molecule has 0 aromatic heterocycles. The summed E-state index contributed by atoms with van der Waals surface area (Å²) in [5, 5.41) is 3.52. The molecule has 1 aromatic carbocycles. The van der Waals surface area contributed by atoms with Crippen molar-refractivity contribution < 1.29 is 4.74 Å². The third kappa shape index (κ3) is 7.00. The number of guanidine groups is 1. The van der Waals surface area contributed by atoms with Gasteiger partial charge in [0.25, 0.3) is 0 Å². The molecule has 29 heavy (non-hydrogen) atoms. The maximum atomic E-state index is 5.47. The molecule has 0 radical (unpaired) electrons. The fraction of sp³-hybridized carbons (Fsp3) is 0.708. The lowest BCUT2D eigenvalue weighted by Gasteiger charge is -2.33. The topological polar surface area (TPSA) is 40.1 Å². The van der Waals surface area contributed by atoms with Crippen LogP contribution in [0.1, 0.15) is 56.6 Å². The van der Waals surface area contributed by atoms with Gasteiger partial charge < -0.3 is 15.0 Å². The predicted molar refractivity (Wildman–Crippen MR) is 121 cm³/mol. The largest absolute Gasteiger partial charge is 0.381 e. The maximum absolute atomic E-state index is 5.47. The molecule has 1 N–H and O–H groups in total. The van der Waals surface area contributed by atoms with Crippen molar-refractivity contribution in [2.75, 3.05) is 40.4 Å². The van der Waals surface area contributed by atoms with E-state index < -0.39 is 0 Å². The molecule has 2 fully saturated rings. The van der Waals surface area contributed by atoms with E-state index in [1.807, 2.05) is 7.05 Å². The van der Waals surface area contributed by atoms with Gasteiger partial charge in [0.05, 0.1) is 0 Å². The zero-order valence-electron chi connectivity index (χ0n) is 18.7. The lowest BCUT2D eigenvalue weighted by molar-refractivity contribution is 0.0625. The van der Waals surface area contributed by atoms with Crippen LogP contribution in [0.2, 0.25) is 0 Å². The SMILES string of the molecule is CN=C(NCc1ccc(CN2CCCCC2C)cc1)N(C)CCC1CCOCC1. The highest BCUT2D eigenvalue weighted by atomic mass is 16.5. The Labute approximate surface area is 177 Å². The van der Waals surface area contributed by atoms with Gasteiger partial charge in [-0.15, -0.1) is 0 Å². The minimum absolute atomic E-state index is 0.713. The van der Waals surface area contributed by atoms with Crippen molar-refractivity contribution in [3.05, 3.63) is 35.4 Å². The molecule has 2 saturated heterocycles. The Morgan fingerprint density at radius 2 is 1.86 bits per heavy atom. The molecule has 1 aromatic rings. The van der Waals surface area contributed by atoms with Crippen LogP contribution in [0.4, 0.5) is 0 Å². The lowest BCUT2D eigenvalue weighted by Crippen LogP contribution is -2.39. The molecule has 2 aliphatic heterocycles. The molecule has 0 amide bonds. The quantitative estimate of drug-likeness (QED) is 0.557. The van der Waals surface area contributed by atoms with E-state index in [0.717, 1.165) is 44.7 Å². The van der Waals surface area contributed by atoms with Gasteiger partial charge in [-0.25, -0.2) is 0 Å². The highest BCUT2D eigenvalue weighted by Gasteiger charge is 2.18. The summed E-state index contributed by atoms with van der Waals surface area (Å²) < 4.78 is 5.47.